The molecule has 1 aliphatic rings. The minimum atomic E-state index is -0.860. The number of methoxy groups -OCH3 is 1. The molecule has 0 saturated carbocycles. The minimum Gasteiger partial charge on any atom is -0.493 e. The van der Waals surface area contributed by atoms with Crippen molar-refractivity contribution in [1.29, 1.82) is 0 Å². The second kappa shape index (κ2) is 11.7. The number of allylic oxidation sites excluding steroid dienone is 1. The number of nitrogens with zero attached hydrogens (tertiary/aromatic N) is 2. The van der Waals surface area contributed by atoms with Crippen LogP contribution in [0.15, 0.2) is 84.5 Å². The second-order valence-corrected chi connectivity index (χ2v) is 10.9. The quantitative estimate of drug-likeness (QED) is 0.213. The van der Waals surface area contributed by atoms with Gasteiger partial charge in [0.25, 0.3) is 5.56 Å². The van der Waals surface area contributed by atoms with Crippen LogP contribution in [0.4, 0.5) is 0 Å². The number of aromatic nitrogens is 1. The fourth-order valence-electron chi connectivity index (χ4n) is 4.56. The predicted octanol–water partition coefficient (Wildman–Crippen LogP) is 4.75. The molecule has 0 fully saturated rings. The number of carbonyl (C=O) groups excluding carboxylic acids is 2. The van der Waals surface area contributed by atoms with Crippen LogP contribution in [0.3, 0.4) is 0 Å². The molecule has 210 valence electrons. The van der Waals surface area contributed by atoms with Gasteiger partial charge in [-0.1, -0.05) is 45.5 Å². The Kier molecular flexibility index (Phi) is 8.09. The van der Waals surface area contributed by atoms with Crippen LogP contribution in [0.2, 0.25) is 0 Å². The number of hydrogen-bond acceptors (Lipinski definition) is 9. The van der Waals surface area contributed by atoms with E-state index in [0.717, 1.165) is 10.0 Å². The fraction of sp³-hybridized carbons (Fsp3) is 0.200. The SMILES string of the molecule is CCOC(=O)C1=C(C)N=c2s/c(=C\c3ccc(-c4cccc(Br)c4)o3)c(=O)n2[C@H]1c1ccc(OC(C)=O)c(OC)c1. The molecule has 0 N–H and O–H groups in total. The maximum absolute atomic E-state index is 13.9. The van der Waals surface area contributed by atoms with E-state index >= 15 is 0 Å². The van der Waals surface area contributed by atoms with Crippen molar-refractivity contribution < 1.29 is 28.2 Å². The Hall–Kier alpha value is -4.22. The molecule has 2 aromatic carbocycles. The highest BCUT2D eigenvalue weighted by molar-refractivity contribution is 9.10. The van der Waals surface area contributed by atoms with Gasteiger partial charge in [-0.3, -0.25) is 14.2 Å². The van der Waals surface area contributed by atoms with Crippen molar-refractivity contribution in [3.63, 3.8) is 0 Å². The molecule has 0 bridgehead atoms. The van der Waals surface area contributed by atoms with Gasteiger partial charge >= 0.3 is 11.9 Å². The molecule has 0 saturated heterocycles. The summed E-state index contributed by atoms with van der Waals surface area (Å²) in [5.41, 5.74) is 1.75. The Bertz CT molecular complexity index is 1880. The Labute approximate surface area is 247 Å². The highest BCUT2D eigenvalue weighted by atomic mass is 79.9. The molecule has 5 rings (SSSR count). The lowest BCUT2D eigenvalue weighted by Gasteiger charge is -2.25. The molecule has 3 heterocycles. The summed E-state index contributed by atoms with van der Waals surface area (Å²) in [6.45, 7) is 4.86. The third-order valence-electron chi connectivity index (χ3n) is 6.28. The van der Waals surface area contributed by atoms with Gasteiger partial charge in [0.15, 0.2) is 16.3 Å². The first-order valence-corrected chi connectivity index (χ1v) is 14.2. The molecular formula is C30H25BrN2O7S. The smallest absolute Gasteiger partial charge is 0.338 e. The standard InChI is InChI=1S/C30H25BrN2O7S/c1-5-38-29(36)26-16(2)32-30-33(27(26)19-9-11-23(39-17(3)34)24(14-19)37-4)28(35)25(41-30)15-21-10-12-22(40-21)18-7-6-8-20(31)13-18/h6-15,27H,5H2,1-4H3/b25-15-/t27-/m0/s1. The number of benzene rings is 2. The van der Waals surface area contributed by atoms with Crippen LogP contribution < -0.4 is 24.4 Å². The number of halogens is 1. The first-order valence-electron chi connectivity index (χ1n) is 12.6. The van der Waals surface area contributed by atoms with Gasteiger partial charge in [-0.15, -0.1) is 0 Å². The van der Waals surface area contributed by atoms with Gasteiger partial charge in [0.05, 0.1) is 35.6 Å². The fourth-order valence-corrected chi connectivity index (χ4v) is 5.98. The number of esters is 2. The van der Waals surface area contributed by atoms with Crippen molar-refractivity contribution in [3.8, 4) is 22.8 Å². The number of carbonyl (C=O) groups is 2. The van der Waals surface area contributed by atoms with Crippen molar-refractivity contribution in [1.82, 2.24) is 4.57 Å². The number of ether oxygens (including phenoxy) is 3. The lowest BCUT2D eigenvalue weighted by molar-refractivity contribution is -0.139. The van der Waals surface area contributed by atoms with Crippen LogP contribution in [-0.4, -0.2) is 30.2 Å². The summed E-state index contributed by atoms with van der Waals surface area (Å²) in [5, 5.41) is 0. The maximum Gasteiger partial charge on any atom is 0.338 e. The zero-order chi connectivity index (χ0) is 29.3. The number of hydrogen-bond donors (Lipinski definition) is 0. The molecule has 0 radical (unpaired) electrons. The summed E-state index contributed by atoms with van der Waals surface area (Å²) in [5.74, 6) is 0.551. The Morgan fingerprint density at radius 2 is 1.95 bits per heavy atom. The average molecular weight is 638 g/mol. The van der Waals surface area contributed by atoms with Crippen molar-refractivity contribution in [2.75, 3.05) is 13.7 Å². The largest absolute Gasteiger partial charge is 0.493 e. The summed E-state index contributed by atoms with van der Waals surface area (Å²) in [6.07, 6.45) is 1.66. The molecule has 11 heteroatoms. The van der Waals surface area contributed by atoms with Crippen LogP contribution in [0.25, 0.3) is 17.4 Å². The first kappa shape index (κ1) is 28.3. The minimum absolute atomic E-state index is 0.153. The Morgan fingerprint density at radius 1 is 1.15 bits per heavy atom. The molecule has 4 aromatic rings. The Balaban J connectivity index is 1.65. The summed E-state index contributed by atoms with van der Waals surface area (Å²) >= 11 is 4.66. The monoisotopic (exact) mass is 636 g/mol. The van der Waals surface area contributed by atoms with Crippen molar-refractivity contribution in [3.05, 3.63) is 101 Å². The first-order chi connectivity index (χ1) is 19.7. The maximum atomic E-state index is 13.9. The highest BCUT2D eigenvalue weighted by Crippen LogP contribution is 2.36. The van der Waals surface area contributed by atoms with E-state index in [0.29, 0.717) is 32.1 Å². The van der Waals surface area contributed by atoms with E-state index in [4.69, 9.17) is 18.6 Å². The molecular weight excluding hydrogens is 612 g/mol. The van der Waals surface area contributed by atoms with Gasteiger partial charge in [-0.2, -0.15) is 0 Å². The number of rotatable bonds is 7. The number of thiazole rings is 1. The van der Waals surface area contributed by atoms with E-state index < -0.39 is 18.0 Å². The average Bonchev–Trinajstić information content (AvgIpc) is 3.52. The summed E-state index contributed by atoms with van der Waals surface area (Å²) < 4.78 is 24.8. The predicted molar refractivity (Wildman–Crippen MR) is 157 cm³/mol. The zero-order valence-corrected chi connectivity index (χ0v) is 25.0. The molecule has 0 amide bonds. The normalized spacial score (nSPS) is 14.9. The third-order valence-corrected chi connectivity index (χ3v) is 7.76. The van der Waals surface area contributed by atoms with Crippen molar-refractivity contribution in [2.24, 2.45) is 4.99 Å². The molecule has 2 aromatic heterocycles. The van der Waals surface area contributed by atoms with E-state index in [1.54, 1.807) is 44.2 Å². The van der Waals surface area contributed by atoms with E-state index in [-0.39, 0.29) is 29.2 Å². The van der Waals surface area contributed by atoms with Crippen molar-refractivity contribution in [2.45, 2.75) is 26.8 Å². The van der Waals surface area contributed by atoms with Gasteiger partial charge in [-0.05, 0) is 55.8 Å². The number of furan rings is 1. The van der Waals surface area contributed by atoms with E-state index in [2.05, 4.69) is 20.9 Å². The Morgan fingerprint density at radius 3 is 2.66 bits per heavy atom. The third kappa shape index (κ3) is 5.68. The molecule has 1 atom stereocenters. The van der Waals surface area contributed by atoms with Crippen LogP contribution in [0.5, 0.6) is 11.5 Å². The molecule has 41 heavy (non-hydrogen) atoms. The van der Waals surface area contributed by atoms with Crippen molar-refractivity contribution >= 4 is 45.3 Å². The van der Waals surface area contributed by atoms with Crippen LogP contribution in [0.1, 0.15) is 38.1 Å². The van der Waals surface area contributed by atoms with E-state index in [9.17, 15) is 14.4 Å². The topological polar surface area (TPSA) is 109 Å². The number of fused-ring (bicyclic) bond motifs is 1. The van der Waals surface area contributed by atoms with E-state index in [1.165, 1.54) is 29.9 Å². The second-order valence-electron chi connectivity index (χ2n) is 9.02. The molecule has 9 nitrogen and oxygen atoms in total. The van der Waals surface area contributed by atoms with Crippen LogP contribution >= 0.6 is 27.3 Å². The van der Waals surface area contributed by atoms with Crippen LogP contribution in [0, 0.1) is 0 Å². The molecule has 0 spiro atoms. The molecule has 0 unspecified atom stereocenters. The van der Waals surface area contributed by atoms with Gasteiger partial charge in [0.2, 0.25) is 0 Å². The van der Waals surface area contributed by atoms with Gasteiger partial charge in [0, 0.05) is 23.0 Å². The van der Waals surface area contributed by atoms with Gasteiger partial charge < -0.3 is 18.6 Å². The van der Waals surface area contributed by atoms with Gasteiger partial charge in [-0.25, -0.2) is 9.79 Å². The lowest BCUT2D eigenvalue weighted by Crippen LogP contribution is -2.39. The lowest BCUT2D eigenvalue weighted by atomic mass is 9.95. The summed E-state index contributed by atoms with van der Waals surface area (Å²) in [6, 6.07) is 15.4. The summed E-state index contributed by atoms with van der Waals surface area (Å²) in [7, 11) is 1.44. The van der Waals surface area contributed by atoms with E-state index in [1.807, 2.05) is 30.3 Å². The van der Waals surface area contributed by atoms with Gasteiger partial charge in [0.1, 0.15) is 11.5 Å². The zero-order valence-electron chi connectivity index (χ0n) is 22.6. The molecule has 1 aliphatic heterocycles. The summed E-state index contributed by atoms with van der Waals surface area (Å²) in [4.78, 5) is 43.6. The van der Waals surface area contributed by atoms with Crippen LogP contribution in [-0.2, 0) is 14.3 Å². The highest BCUT2D eigenvalue weighted by Gasteiger charge is 2.34. The molecule has 0 aliphatic carbocycles.